The number of halogens is 6. The standard InChI is InChI=1S/C13H15F6N5O/c1-2-20-10-22-9(23-11(24-10)21-5-13(17,18)19)6-3-4-12(15,16)8(25)7(6)14/h8,25H,2-5H2,1H3,(H2,20,21,22,23,24)/t8-/m1/s1. The van der Waals surface area contributed by atoms with E-state index in [1.165, 1.54) is 0 Å². The summed E-state index contributed by atoms with van der Waals surface area (Å²) in [7, 11) is 0. The van der Waals surface area contributed by atoms with Gasteiger partial charge in [-0.25, -0.2) is 13.2 Å². The SMILES string of the molecule is CCNc1nc(NCC(F)(F)F)nc(C2=C(F)[C@@H](O)C(F)(F)CC2)n1. The molecule has 12 heteroatoms. The first-order chi connectivity index (χ1) is 11.5. The molecule has 1 aliphatic carbocycles. The first kappa shape index (κ1) is 19.2. The Hall–Kier alpha value is -2.11. The lowest BCUT2D eigenvalue weighted by atomic mass is 9.92. The van der Waals surface area contributed by atoms with E-state index in [9.17, 15) is 31.4 Å². The van der Waals surface area contributed by atoms with Crippen molar-refractivity contribution >= 4 is 17.5 Å². The van der Waals surface area contributed by atoms with Crippen LogP contribution in [-0.4, -0.2) is 51.4 Å². The number of hydrogen-bond donors (Lipinski definition) is 3. The predicted molar refractivity (Wildman–Crippen MR) is 76.8 cm³/mol. The van der Waals surface area contributed by atoms with Crippen molar-refractivity contribution in [3.05, 3.63) is 11.7 Å². The first-order valence-electron chi connectivity index (χ1n) is 7.29. The molecule has 1 atom stereocenters. The molecule has 6 nitrogen and oxygen atoms in total. The van der Waals surface area contributed by atoms with Gasteiger partial charge in [0.05, 0.1) is 0 Å². The van der Waals surface area contributed by atoms with E-state index in [1.807, 2.05) is 5.32 Å². The van der Waals surface area contributed by atoms with Gasteiger partial charge < -0.3 is 15.7 Å². The monoisotopic (exact) mass is 371 g/mol. The molecule has 3 N–H and O–H groups in total. The summed E-state index contributed by atoms with van der Waals surface area (Å²) < 4.78 is 77.7. The second kappa shape index (κ2) is 7.02. The van der Waals surface area contributed by atoms with Gasteiger partial charge in [0.1, 0.15) is 12.4 Å². The number of hydrogen-bond acceptors (Lipinski definition) is 6. The number of aliphatic hydroxyl groups excluding tert-OH is 1. The zero-order valence-electron chi connectivity index (χ0n) is 13.0. The van der Waals surface area contributed by atoms with E-state index in [0.717, 1.165) is 0 Å². The highest BCUT2D eigenvalue weighted by Crippen LogP contribution is 2.41. The van der Waals surface area contributed by atoms with Crippen molar-refractivity contribution in [1.82, 2.24) is 15.0 Å². The number of aromatic nitrogens is 3. The number of alkyl halides is 5. The molecule has 25 heavy (non-hydrogen) atoms. The van der Waals surface area contributed by atoms with Gasteiger partial charge in [0.15, 0.2) is 11.9 Å². The largest absolute Gasteiger partial charge is 0.405 e. The lowest BCUT2D eigenvalue weighted by Crippen LogP contribution is -2.37. The number of nitrogens with one attached hydrogen (secondary N) is 2. The van der Waals surface area contributed by atoms with Gasteiger partial charge >= 0.3 is 6.18 Å². The van der Waals surface area contributed by atoms with Crippen LogP contribution in [0.3, 0.4) is 0 Å². The zero-order chi connectivity index (χ0) is 18.8. The van der Waals surface area contributed by atoms with Crippen molar-refractivity contribution in [1.29, 1.82) is 0 Å². The number of anilines is 2. The van der Waals surface area contributed by atoms with Crippen LogP contribution in [0.25, 0.3) is 5.57 Å². The Morgan fingerprint density at radius 1 is 1.16 bits per heavy atom. The zero-order valence-corrected chi connectivity index (χ0v) is 13.0. The Balaban J connectivity index is 2.39. The molecule has 1 heterocycles. The quantitative estimate of drug-likeness (QED) is 0.691. The Bertz CT molecular complexity index is 663. The highest BCUT2D eigenvalue weighted by atomic mass is 19.4. The molecule has 1 aromatic heterocycles. The fourth-order valence-electron chi connectivity index (χ4n) is 2.12. The summed E-state index contributed by atoms with van der Waals surface area (Å²) in [6.45, 7) is 0.533. The smallest absolute Gasteiger partial charge is 0.380 e. The van der Waals surface area contributed by atoms with E-state index in [2.05, 4.69) is 20.3 Å². The maximum absolute atomic E-state index is 14.1. The molecular formula is C13H15F6N5O. The van der Waals surface area contributed by atoms with Crippen LogP contribution in [0.2, 0.25) is 0 Å². The molecule has 0 fully saturated rings. The summed E-state index contributed by atoms with van der Waals surface area (Å²) in [5, 5.41) is 13.9. The Kier molecular flexibility index (Phi) is 5.40. The highest BCUT2D eigenvalue weighted by Gasteiger charge is 2.46. The van der Waals surface area contributed by atoms with E-state index in [4.69, 9.17) is 0 Å². The molecule has 0 unspecified atom stereocenters. The molecule has 0 aromatic carbocycles. The average Bonchev–Trinajstić information content (AvgIpc) is 2.50. The first-order valence-corrected chi connectivity index (χ1v) is 7.29. The Labute approximate surface area is 138 Å². The molecule has 0 saturated carbocycles. The van der Waals surface area contributed by atoms with Gasteiger partial charge in [-0.3, -0.25) is 0 Å². The molecule has 0 amide bonds. The van der Waals surface area contributed by atoms with Crippen molar-refractivity contribution in [3.63, 3.8) is 0 Å². The summed E-state index contributed by atoms with van der Waals surface area (Å²) in [6.07, 6.45) is -8.52. The van der Waals surface area contributed by atoms with E-state index in [0.29, 0.717) is 6.54 Å². The lowest BCUT2D eigenvalue weighted by molar-refractivity contribution is -0.115. The lowest BCUT2D eigenvalue weighted by Gasteiger charge is -2.27. The van der Waals surface area contributed by atoms with E-state index in [-0.39, 0.29) is 5.95 Å². The summed E-state index contributed by atoms with van der Waals surface area (Å²) in [6, 6.07) is 0. The van der Waals surface area contributed by atoms with Crippen LogP contribution in [0.4, 0.5) is 38.2 Å². The maximum atomic E-state index is 14.1. The summed E-state index contributed by atoms with van der Waals surface area (Å²) in [5.74, 6) is -6.20. The third-order valence-electron chi connectivity index (χ3n) is 3.32. The Morgan fingerprint density at radius 3 is 2.32 bits per heavy atom. The van der Waals surface area contributed by atoms with Gasteiger partial charge in [-0.15, -0.1) is 0 Å². The molecule has 0 spiro atoms. The normalized spacial score (nSPS) is 20.6. The van der Waals surface area contributed by atoms with Gasteiger partial charge in [-0.2, -0.15) is 28.1 Å². The number of nitrogens with zero attached hydrogens (tertiary/aromatic N) is 3. The van der Waals surface area contributed by atoms with Gasteiger partial charge in [0.25, 0.3) is 5.92 Å². The van der Waals surface area contributed by atoms with Crippen molar-refractivity contribution < 1.29 is 31.4 Å². The number of allylic oxidation sites excluding steroid dienone is 1. The van der Waals surface area contributed by atoms with Crippen molar-refractivity contribution in [3.8, 4) is 0 Å². The molecule has 0 bridgehead atoms. The minimum atomic E-state index is -4.54. The molecule has 0 radical (unpaired) electrons. The van der Waals surface area contributed by atoms with Gasteiger partial charge in [0.2, 0.25) is 11.9 Å². The van der Waals surface area contributed by atoms with Crippen molar-refractivity contribution in [2.24, 2.45) is 0 Å². The number of rotatable bonds is 5. The van der Waals surface area contributed by atoms with Gasteiger partial charge in [0, 0.05) is 18.5 Å². The van der Waals surface area contributed by atoms with E-state index >= 15 is 0 Å². The summed E-state index contributed by atoms with van der Waals surface area (Å²) in [5.41, 5.74) is -0.393. The molecule has 1 aromatic rings. The summed E-state index contributed by atoms with van der Waals surface area (Å²) >= 11 is 0. The minimum absolute atomic E-state index is 0.149. The van der Waals surface area contributed by atoms with Gasteiger partial charge in [-0.1, -0.05) is 0 Å². The third kappa shape index (κ3) is 4.71. The summed E-state index contributed by atoms with van der Waals surface area (Å²) in [4.78, 5) is 11.2. The van der Waals surface area contributed by atoms with E-state index < -0.39 is 60.8 Å². The average molecular weight is 371 g/mol. The van der Waals surface area contributed by atoms with Crippen LogP contribution < -0.4 is 10.6 Å². The van der Waals surface area contributed by atoms with Crippen LogP contribution >= 0.6 is 0 Å². The topological polar surface area (TPSA) is 83.0 Å². The fraction of sp³-hybridized carbons (Fsp3) is 0.615. The molecule has 2 rings (SSSR count). The van der Waals surface area contributed by atoms with Crippen LogP contribution in [0.1, 0.15) is 25.6 Å². The molecule has 1 aliphatic rings. The maximum Gasteiger partial charge on any atom is 0.405 e. The molecule has 0 aliphatic heterocycles. The minimum Gasteiger partial charge on any atom is -0.380 e. The van der Waals surface area contributed by atoms with Crippen LogP contribution in [0, 0.1) is 0 Å². The van der Waals surface area contributed by atoms with Crippen LogP contribution in [-0.2, 0) is 0 Å². The van der Waals surface area contributed by atoms with Gasteiger partial charge in [-0.05, 0) is 13.3 Å². The highest BCUT2D eigenvalue weighted by molar-refractivity contribution is 5.65. The fourth-order valence-corrected chi connectivity index (χ4v) is 2.12. The Morgan fingerprint density at radius 2 is 1.76 bits per heavy atom. The van der Waals surface area contributed by atoms with Crippen LogP contribution in [0.15, 0.2) is 5.83 Å². The second-order valence-electron chi connectivity index (χ2n) is 5.30. The molecular weight excluding hydrogens is 356 g/mol. The molecule has 0 saturated heterocycles. The third-order valence-corrected chi connectivity index (χ3v) is 3.32. The van der Waals surface area contributed by atoms with Crippen molar-refractivity contribution in [2.75, 3.05) is 23.7 Å². The van der Waals surface area contributed by atoms with Crippen molar-refractivity contribution in [2.45, 2.75) is 38.0 Å². The van der Waals surface area contributed by atoms with Crippen LogP contribution in [0.5, 0.6) is 0 Å². The predicted octanol–water partition coefficient (Wildman–Crippen LogP) is 2.75. The van der Waals surface area contributed by atoms with E-state index in [1.54, 1.807) is 6.92 Å². The second-order valence-corrected chi connectivity index (χ2v) is 5.30. The molecule has 140 valence electrons. The number of aliphatic hydroxyl groups is 1.